The molecule has 2 aromatic rings. The first-order chi connectivity index (χ1) is 11.1. The fourth-order valence-electron chi connectivity index (χ4n) is 2.89. The average molecular weight is 325 g/mol. The summed E-state index contributed by atoms with van der Waals surface area (Å²) in [5.74, 6) is -0.0651. The highest BCUT2D eigenvalue weighted by molar-refractivity contribution is 7.80. The van der Waals surface area contributed by atoms with Gasteiger partial charge in [0.15, 0.2) is 5.11 Å². The van der Waals surface area contributed by atoms with Crippen molar-refractivity contribution in [2.45, 2.75) is 13.0 Å². The Morgan fingerprint density at radius 1 is 1.22 bits per heavy atom. The van der Waals surface area contributed by atoms with Gasteiger partial charge in [0, 0.05) is 18.3 Å². The molecule has 0 radical (unpaired) electrons. The highest BCUT2D eigenvalue weighted by atomic mass is 32.1. The molecule has 1 amide bonds. The van der Waals surface area contributed by atoms with E-state index in [2.05, 4.69) is 41.8 Å². The molecule has 0 saturated carbocycles. The Morgan fingerprint density at radius 3 is 2.61 bits per heavy atom. The number of carbonyl (C=O) groups excluding carboxylic acids is 1. The molecule has 0 aliphatic carbocycles. The van der Waals surface area contributed by atoms with E-state index in [0.29, 0.717) is 5.11 Å². The lowest BCUT2D eigenvalue weighted by Crippen LogP contribution is -2.43. The molecule has 3 rings (SSSR count). The summed E-state index contributed by atoms with van der Waals surface area (Å²) in [5.41, 5.74) is 4.19. The van der Waals surface area contributed by atoms with Crippen molar-refractivity contribution in [2.24, 2.45) is 0 Å². The third-order valence-corrected chi connectivity index (χ3v) is 4.46. The smallest absolute Gasteiger partial charge is 0.244 e. The number of benzene rings is 2. The highest BCUT2D eigenvalue weighted by Crippen LogP contribution is 2.35. The Labute approximate surface area is 141 Å². The van der Waals surface area contributed by atoms with Crippen molar-refractivity contribution in [3.8, 4) is 0 Å². The molecule has 5 heteroatoms. The van der Waals surface area contributed by atoms with Gasteiger partial charge in [-0.05, 0) is 30.8 Å². The van der Waals surface area contributed by atoms with Crippen LogP contribution >= 0.6 is 12.2 Å². The summed E-state index contributed by atoms with van der Waals surface area (Å²) in [4.78, 5) is 14.2. The summed E-state index contributed by atoms with van der Waals surface area (Å²) in [6.45, 7) is 2.28. The summed E-state index contributed by atoms with van der Waals surface area (Å²) in [6, 6.07) is 16.1. The molecule has 0 spiro atoms. The molecule has 0 saturated heterocycles. The molecule has 1 atom stereocenters. The second-order valence-corrected chi connectivity index (χ2v) is 6.02. The van der Waals surface area contributed by atoms with E-state index in [0.717, 1.165) is 16.8 Å². The Morgan fingerprint density at radius 2 is 1.91 bits per heavy atom. The van der Waals surface area contributed by atoms with Crippen LogP contribution in [-0.2, 0) is 4.79 Å². The van der Waals surface area contributed by atoms with Crippen LogP contribution < -0.4 is 10.6 Å². The zero-order valence-corrected chi connectivity index (χ0v) is 14.0. The first-order valence-electron chi connectivity index (χ1n) is 7.54. The van der Waals surface area contributed by atoms with Gasteiger partial charge in [-0.15, -0.1) is 0 Å². The van der Waals surface area contributed by atoms with Crippen molar-refractivity contribution in [1.82, 2.24) is 10.2 Å². The van der Waals surface area contributed by atoms with Crippen LogP contribution in [0.15, 0.2) is 48.5 Å². The van der Waals surface area contributed by atoms with Crippen molar-refractivity contribution < 1.29 is 4.79 Å². The van der Waals surface area contributed by atoms with Crippen molar-refractivity contribution in [3.63, 3.8) is 0 Å². The maximum atomic E-state index is 12.3. The molecule has 1 aliphatic rings. The number of fused-ring (bicyclic) bond motifs is 1. The number of nitrogens with zero attached hydrogens (tertiary/aromatic N) is 1. The van der Waals surface area contributed by atoms with E-state index in [1.165, 1.54) is 5.56 Å². The van der Waals surface area contributed by atoms with E-state index < -0.39 is 0 Å². The molecule has 1 heterocycles. The molecule has 2 aromatic carbocycles. The summed E-state index contributed by atoms with van der Waals surface area (Å²) in [5, 5.41) is 6.53. The van der Waals surface area contributed by atoms with Crippen LogP contribution in [0.1, 0.15) is 22.7 Å². The molecule has 2 N–H and O–H groups in total. The molecule has 118 valence electrons. The van der Waals surface area contributed by atoms with Crippen LogP contribution in [0, 0.1) is 6.92 Å². The van der Waals surface area contributed by atoms with Gasteiger partial charge in [-0.2, -0.15) is 0 Å². The van der Waals surface area contributed by atoms with Gasteiger partial charge in [0.05, 0.1) is 6.04 Å². The Kier molecular flexibility index (Phi) is 4.30. The molecule has 0 aromatic heterocycles. The van der Waals surface area contributed by atoms with Crippen molar-refractivity contribution >= 4 is 28.9 Å². The molecule has 4 nitrogen and oxygen atoms in total. The van der Waals surface area contributed by atoms with Crippen LogP contribution in [0.4, 0.5) is 5.69 Å². The Balaban J connectivity index is 2.17. The van der Waals surface area contributed by atoms with Crippen LogP contribution in [-0.4, -0.2) is 29.5 Å². The number of aryl methyl sites for hydroxylation is 1. The zero-order chi connectivity index (χ0) is 16.4. The molecule has 0 unspecified atom stereocenters. The average Bonchev–Trinajstić information content (AvgIpc) is 2.71. The monoisotopic (exact) mass is 325 g/mol. The third-order valence-electron chi connectivity index (χ3n) is 4.02. The molecule has 1 aliphatic heterocycles. The number of anilines is 1. The fourth-order valence-corrected chi connectivity index (χ4v) is 3.06. The van der Waals surface area contributed by atoms with Gasteiger partial charge < -0.3 is 15.5 Å². The lowest BCUT2D eigenvalue weighted by atomic mass is 9.95. The highest BCUT2D eigenvalue weighted by Gasteiger charge is 2.31. The third kappa shape index (κ3) is 3.05. The predicted molar refractivity (Wildman–Crippen MR) is 96.5 cm³/mol. The van der Waals surface area contributed by atoms with Gasteiger partial charge >= 0.3 is 0 Å². The summed E-state index contributed by atoms with van der Waals surface area (Å²) < 4.78 is 0. The number of hydrogen-bond donors (Lipinski definition) is 2. The van der Waals surface area contributed by atoms with E-state index in [1.54, 1.807) is 7.05 Å². The minimum atomic E-state index is -0.106. The van der Waals surface area contributed by atoms with E-state index >= 15 is 0 Å². The summed E-state index contributed by atoms with van der Waals surface area (Å²) in [6.07, 6.45) is 0. The minimum absolute atomic E-state index is 0.0651. The quantitative estimate of drug-likeness (QED) is 0.792. The Bertz CT molecular complexity index is 742. The van der Waals surface area contributed by atoms with Gasteiger partial charge in [-0.25, -0.2) is 0 Å². The lowest BCUT2D eigenvalue weighted by molar-refractivity contribution is -0.116. The van der Waals surface area contributed by atoms with Crippen LogP contribution in [0.2, 0.25) is 0 Å². The number of hydrogen-bond acceptors (Lipinski definition) is 2. The van der Waals surface area contributed by atoms with E-state index in [4.69, 9.17) is 12.2 Å². The fraction of sp³-hybridized carbons (Fsp3) is 0.222. The molecular formula is C18H19N3OS. The van der Waals surface area contributed by atoms with Gasteiger partial charge in [0.1, 0.15) is 6.54 Å². The number of carbonyl (C=O) groups is 1. The summed E-state index contributed by atoms with van der Waals surface area (Å²) >= 11 is 5.46. The molecular weight excluding hydrogens is 306 g/mol. The SMILES string of the molecule is CNC(=S)N1CC(=O)Nc2ccccc2[C@H]1c1ccc(C)cc1. The van der Waals surface area contributed by atoms with Gasteiger partial charge in [0.25, 0.3) is 0 Å². The standard InChI is InChI=1S/C18H19N3OS/c1-12-7-9-13(10-8-12)17-14-5-3-4-6-15(14)20-16(22)11-21(17)18(23)19-2/h3-10,17H,11H2,1-2H3,(H,19,23)(H,20,22)/t17-/m1/s1. The van der Waals surface area contributed by atoms with E-state index in [1.807, 2.05) is 29.2 Å². The normalized spacial score (nSPS) is 17.0. The number of rotatable bonds is 1. The largest absolute Gasteiger partial charge is 0.366 e. The lowest BCUT2D eigenvalue weighted by Gasteiger charge is -2.32. The second-order valence-electron chi connectivity index (χ2n) is 5.63. The van der Waals surface area contributed by atoms with Crippen LogP contribution in [0.25, 0.3) is 0 Å². The first-order valence-corrected chi connectivity index (χ1v) is 7.94. The van der Waals surface area contributed by atoms with Gasteiger partial charge in [0.2, 0.25) is 5.91 Å². The second kappa shape index (κ2) is 6.38. The minimum Gasteiger partial charge on any atom is -0.366 e. The maximum Gasteiger partial charge on any atom is 0.244 e. The number of amides is 1. The number of para-hydroxylation sites is 1. The molecule has 23 heavy (non-hydrogen) atoms. The first kappa shape index (κ1) is 15.5. The molecule has 0 bridgehead atoms. The topological polar surface area (TPSA) is 44.4 Å². The summed E-state index contributed by atoms with van der Waals surface area (Å²) in [7, 11) is 1.78. The Hall–Kier alpha value is -2.40. The van der Waals surface area contributed by atoms with Crippen molar-refractivity contribution in [1.29, 1.82) is 0 Å². The number of thiocarbonyl (C=S) groups is 1. The van der Waals surface area contributed by atoms with E-state index in [-0.39, 0.29) is 18.5 Å². The predicted octanol–water partition coefficient (Wildman–Crippen LogP) is 2.84. The zero-order valence-electron chi connectivity index (χ0n) is 13.2. The van der Waals surface area contributed by atoms with Crippen LogP contribution in [0.3, 0.4) is 0 Å². The number of nitrogens with one attached hydrogen (secondary N) is 2. The van der Waals surface area contributed by atoms with Gasteiger partial charge in [-0.3, -0.25) is 4.79 Å². The van der Waals surface area contributed by atoms with E-state index in [9.17, 15) is 4.79 Å². The molecule has 0 fully saturated rings. The van der Waals surface area contributed by atoms with Gasteiger partial charge in [-0.1, -0.05) is 48.0 Å². The van der Waals surface area contributed by atoms with Crippen molar-refractivity contribution in [2.75, 3.05) is 18.9 Å². The van der Waals surface area contributed by atoms with Crippen LogP contribution in [0.5, 0.6) is 0 Å². The maximum absolute atomic E-state index is 12.3. The van der Waals surface area contributed by atoms with Crippen molar-refractivity contribution in [3.05, 3.63) is 65.2 Å².